The van der Waals surface area contributed by atoms with Gasteiger partial charge in [0.25, 0.3) is 5.91 Å². The summed E-state index contributed by atoms with van der Waals surface area (Å²) in [5.74, 6) is -0.774. The van der Waals surface area contributed by atoms with Gasteiger partial charge in [-0.15, -0.1) is 0 Å². The quantitative estimate of drug-likeness (QED) is 0.127. The number of para-hydroxylation sites is 1. The summed E-state index contributed by atoms with van der Waals surface area (Å²) in [6.07, 6.45) is 9.64. The number of carbonyl (C=O) groups is 4. The maximum atomic E-state index is 14.1. The summed E-state index contributed by atoms with van der Waals surface area (Å²) in [6, 6.07) is 20.9. The predicted octanol–water partition coefficient (Wildman–Crippen LogP) is 6.38. The van der Waals surface area contributed by atoms with Gasteiger partial charge in [0.1, 0.15) is 12.1 Å². The van der Waals surface area contributed by atoms with Crippen molar-refractivity contribution < 1.29 is 23.9 Å². The van der Waals surface area contributed by atoms with Gasteiger partial charge in [-0.05, 0) is 99.1 Å². The zero-order chi connectivity index (χ0) is 34.7. The minimum atomic E-state index is -1.12. The first-order chi connectivity index (χ1) is 24.3. The van der Waals surface area contributed by atoms with Crippen molar-refractivity contribution in [1.82, 2.24) is 15.2 Å². The molecule has 3 heterocycles. The fourth-order valence-corrected chi connectivity index (χ4v) is 7.74. The van der Waals surface area contributed by atoms with Crippen molar-refractivity contribution in [2.75, 3.05) is 30.3 Å². The molecule has 50 heavy (non-hydrogen) atoms. The van der Waals surface area contributed by atoms with Gasteiger partial charge in [-0.25, -0.2) is 4.79 Å². The van der Waals surface area contributed by atoms with Crippen LogP contribution in [-0.2, 0) is 25.7 Å². The molecule has 258 valence electrons. The largest absolute Gasteiger partial charge is 0.463 e. The third kappa shape index (κ3) is 6.67. The molecule has 0 unspecified atom stereocenters. The Morgan fingerprint density at radius 3 is 2.50 bits per heavy atom. The Morgan fingerprint density at radius 1 is 0.980 bits per heavy atom. The SMILES string of the molecule is CCOC(=O)/C=C/c1ccc(NC(=O)C2(NC(=O)c3ccc4c(C5CCCCC5)c5n(c4c3)CC(=O)Nc3ccccc3-5)CCNCC2)cc1. The predicted molar refractivity (Wildman–Crippen MR) is 195 cm³/mol. The van der Waals surface area contributed by atoms with E-state index in [1.165, 1.54) is 30.9 Å². The van der Waals surface area contributed by atoms with Crippen molar-refractivity contribution in [3.8, 4) is 11.3 Å². The zero-order valence-electron chi connectivity index (χ0n) is 28.3. The Balaban J connectivity index is 1.19. The lowest BCUT2D eigenvalue weighted by molar-refractivity contribution is -0.137. The first-order valence-electron chi connectivity index (χ1n) is 17.7. The number of hydrogen-bond donors (Lipinski definition) is 4. The third-order valence-electron chi connectivity index (χ3n) is 10.2. The van der Waals surface area contributed by atoms with Gasteiger partial charge in [0.2, 0.25) is 11.8 Å². The smallest absolute Gasteiger partial charge is 0.330 e. The van der Waals surface area contributed by atoms with Crippen LogP contribution in [-0.4, -0.2) is 53.5 Å². The van der Waals surface area contributed by atoms with E-state index in [0.29, 0.717) is 49.7 Å². The highest BCUT2D eigenvalue weighted by Gasteiger charge is 2.41. The van der Waals surface area contributed by atoms with Gasteiger partial charge in [-0.2, -0.15) is 0 Å². The molecule has 10 heteroatoms. The number of ether oxygens (including phenoxy) is 1. The number of nitrogens with one attached hydrogen (secondary N) is 4. The van der Waals surface area contributed by atoms with Gasteiger partial charge in [0.15, 0.2) is 0 Å². The molecule has 2 fully saturated rings. The molecule has 7 rings (SSSR count). The highest BCUT2D eigenvalue weighted by Crippen LogP contribution is 2.46. The lowest BCUT2D eigenvalue weighted by atomic mass is 9.81. The summed E-state index contributed by atoms with van der Waals surface area (Å²) in [7, 11) is 0. The van der Waals surface area contributed by atoms with Crippen LogP contribution in [0.1, 0.15) is 79.3 Å². The second kappa shape index (κ2) is 14.3. The molecule has 0 atom stereocenters. The number of hydrogen-bond acceptors (Lipinski definition) is 6. The Labute approximate surface area is 291 Å². The van der Waals surface area contributed by atoms with Crippen LogP contribution in [0.15, 0.2) is 72.8 Å². The van der Waals surface area contributed by atoms with Gasteiger partial charge in [0.05, 0.1) is 23.5 Å². The van der Waals surface area contributed by atoms with E-state index in [0.717, 1.165) is 46.3 Å². The molecular formula is C40H43N5O5. The lowest BCUT2D eigenvalue weighted by Crippen LogP contribution is -2.61. The summed E-state index contributed by atoms with van der Waals surface area (Å²) in [5, 5.41) is 13.6. The molecule has 1 aromatic heterocycles. The lowest BCUT2D eigenvalue weighted by Gasteiger charge is -2.37. The van der Waals surface area contributed by atoms with Crippen molar-refractivity contribution in [1.29, 1.82) is 0 Å². The molecule has 3 aliphatic rings. The Morgan fingerprint density at radius 2 is 1.74 bits per heavy atom. The van der Waals surface area contributed by atoms with E-state index < -0.39 is 11.5 Å². The van der Waals surface area contributed by atoms with Crippen molar-refractivity contribution in [2.45, 2.75) is 69.9 Å². The fourth-order valence-electron chi connectivity index (χ4n) is 7.74. The van der Waals surface area contributed by atoms with Gasteiger partial charge >= 0.3 is 5.97 Å². The van der Waals surface area contributed by atoms with E-state index in [1.54, 1.807) is 37.3 Å². The van der Waals surface area contributed by atoms with E-state index >= 15 is 0 Å². The molecule has 4 N–H and O–H groups in total. The number of aromatic nitrogens is 1. The number of carbonyl (C=O) groups excluding carboxylic acids is 4. The van der Waals surface area contributed by atoms with E-state index in [2.05, 4.69) is 31.9 Å². The maximum Gasteiger partial charge on any atom is 0.330 e. The van der Waals surface area contributed by atoms with Gasteiger partial charge < -0.3 is 30.6 Å². The molecule has 1 saturated carbocycles. The van der Waals surface area contributed by atoms with Crippen LogP contribution >= 0.6 is 0 Å². The van der Waals surface area contributed by atoms with Crippen molar-refractivity contribution in [2.24, 2.45) is 0 Å². The van der Waals surface area contributed by atoms with Gasteiger partial charge in [0, 0.05) is 28.3 Å². The molecule has 0 spiro atoms. The number of benzene rings is 3. The average Bonchev–Trinajstić information content (AvgIpc) is 3.36. The van der Waals surface area contributed by atoms with Gasteiger partial charge in [-0.1, -0.05) is 55.7 Å². The number of rotatable bonds is 8. The first-order valence-corrected chi connectivity index (χ1v) is 17.7. The summed E-state index contributed by atoms with van der Waals surface area (Å²) in [4.78, 5) is 52.9. The first kappa shape index (κ1) is 33.3. The normalized spacial score (nSPS) is 17.3. The summed E-state index contributed by atoms with van der Waals surface area (Å²) in [6.45, 7) is 3.36. The van der Waals surface area contributed by atoms with Crippen molar-refractivity contribution >= 4 is 52.0 Å². The monoisotopic (exact) mass is 673 g/mol. The van der Waals surface area contributed by atoms with Crippen molar-refractivity contribution in [3.05, 3.63) is 89.5 Å². The molecule has 1 saturated heterocycles. The minimum absolute atomic E-state index is 0.105. The summed E-state index contributed by atoms with van der Waals surface area (Å²) in [5.41, 5.74) is 5.64. The summed E-state index contributed by atoms with van der Waals surface area (Å²) < 4.78 is 7.02. The molecule has 3 amide bonds. The van der Waals surface area contributed by atoms with Crippen LogP contribution in [0.4, 0.5) is 11.4 Å². The van der Waals surface area contributed by atoms with Crippen LogP contribution in [0.2, 0.25) is 0 Å². The summed E-state index contributed by atoms with van der Waals surface area (Å²) >= 11 is 0. The Bertz CT molecular complexity index is 1970. The topological polar surface area (TPSA) is 131 Å². The number of piperidine rings is 1. The number of nitrogens with zero attached hydrogens (tertiary/aromatic N) is 1. The van der Waals surface area contributed by atoms with E-state index in [1.807, 2.05) is 36.4 Å². The van der Waals surface area contributed by atoms with Crippen LogP contribution in [0.25, 0.3) is 28.2 Å². The second-order valence-electron chi connectivity index (χ2n) is 13.5. The number of fused-ring (bicyclic) bond motifs is 5. The maximum absolute atomic E-state index is 14.1. The Kier molecular flexibility index (Phi) is 9.54. The second-order valence-corrected chi connectivity index (χ2v) is 13.5. The fraction of sp³-hybridized carbons (Fsp3) is 0.350. The zero-order valence-corrected chi connectivity index (χ0v) is 28.3. The highest BCUT2D eigenvalue weighted by molar-refractivity contribution is 6.07. The molecule has 10 nitrogen and oxygen atoms in total. The molecule has 4 aromatic rings. The van der Waals surface area contributed by atoms with E-state index in [9.17, 15) is 19.2 Å². The number of amides is 3. The molecule has 0 radical (unpaired) electrons. The minimum Gasteiger partial charge on any atom is -0.463 e. The molecular weight excluding hydrogens is 630 g/mol. The molecule has 2 aliphatic heterocycles. The van der Waals surface area contributed by atoms with Crippen LogP contribution < -0.4 is 21.3 Å². The van der Waals surface area contributed by atoms with E-state index in [4.69, 9.17) is 4.74 Å². The Hall–Kier alpha value is -5.22. The van der Waals surface area contributed by atoms with Crippen LogP contribution in [0, 0.1) is 0 Å². The average molecular weight is 674 g/mol. The van der Waals surface area contributed by atoms with E-state index in [-0.39, 0.29) is 24.3 Å². The highest BCUT2D eigenvalue weighted by atomic mass is 16.5. The third-order valence-corrected chi connectivity index (χ3v) is 10.2. The van der Waals surface area contributed by atoms with Gasteiger partial charge in [-0.3, -0.25) is 14.4 Å². The number of esters is 1. The van der Waals surface area contributed by atoms with Crippen molar-refractivity contribution in [3.63, 3.8) is 0 Å². The molecule has 3 aromatic carbocycles. The molecule has 1 aliphatic carbocycles. The molecule has 0 bridgehead atoms. The number of anilines is 2. The van der Waals surface area contributed by atoms with Crippen LogP contribution in [0.5, 0.6) is 0 Å². The van der Waals surface area contributed by atoms with Crippen LogP contribution in [0.3, 0.4) is 0 Å². The standard InChI is InChI=1S/C40H43N5O5/c1-2-50-35(47)19-14-26-12-16-29(17-13-26)42-39(49)40(20-22-41-23-21-40)44-38(48)28-15-18-31-33(24-28)45-25-34(46)43-32-11-7-6-10-30(32)37(45)36(31)27-8-4-3-5-9-27/h6-7,10-19,24,27,41H,2-5,8-9,20-23,25H2,1H3,(H,42,49)(H,43,46)(H,44,48)/b19-14+.